The number of nitrogens with zero attached hydrogens (tertiary/aromatic N) is 5. The van der Waals surface area contributed by atoms with Crippen LogP contribution in [-0.4, -0.2) is 19.3 Å². The van der Waals surface area contributed by atoms with Crippen molar-refractivity contribution in [2.24, 2.45) is 0 Å². The molecule has 36 heavy (non-hydrogen) atoms. The largest absolute Gasteiger partial charge is 2.00 e. The predicted octanol–water partition coefficient (Wildman–Crippen LogP) is 6.92. The summed E-state index contributed by atoms with van der Waals surface area (Å²) in [5.74, 6) is 1.76. The molecule has 0 aliphatic heterocycles. The summed E-state index contributed by atoms with van der Waals surface area (Å²) in [5, 5.41) is 6.69. The first-order valence-corrected chi connectivity index (χ1v) is 11.1. The predicted molar refractivity (Wildman–Crippen MR) is 136 cm³/mol. The third-order valence-corrected chi connectivity index (χ3v) is 5.84. The van der Waals surface area contributed by atoms with Crippen molar-refractivity contribution in [3.8, 4) is 23.0 Å². The summed E-state index contributed by atoms with van der Waals surface area (Å²) in [6.45, 7) is 11.4. The molecule has 7 heteroatoms. The quantitative estimate of drug-likeness (QED) is 0.195. The molecule has 3 heterocycles. The molecule has 0 saturated heterocycles. The van der Waals surface area contributed by atoms with Gasteiger partial charge in [0.1, 0.15) is 5.82 Å². The summed E-state index contributed by atoms with van der Waals surface area (Å²) in [7, 11) is 0. The Morgan fingerprint density at radius 3 is 2.47 bits per heavy atom. The van der Waals surface area contributed by atoms with E-state index in [1.807, 2.05) is 62.4 Å². The van der Waals surface area contributed by atoms with Gasteiger partial charge < -0.3 is 9.30 Å². The van der Waals surface area contributed by atoms with Gasteiger partial charge in [-0.1, -0.05) is 35.5 Å². The molecule has 0 amide bonds. The Kier molecular flexibility index (Phi) is 6.18. The second-order valence-electron chi connectivity index (χ2n) is 8.27. The van der Waals surface area contributed by atoms with E-state index in [0.717, 1.165) is 39.0 Å². The van der Waals surface area contributed by atoms with Crippen LogP contribution >= 0.6 is 0 Å². The molecular weight excluding hydrogens is 629 g/mol. The van der Waals surface area contributed by atoms with Gasteiger partial charge in [-0.2, -0.15) is 11.2 Å². The minimum Gasteiger partial charge on any atom is -0.510 e. The average molecular weight is 649 g/mol. The second-order valence-corrected chi connectivity index (χ2v) is 8.27. The molecule has 0 aliphatic rings. The van der Waals surface area contributed by atoms with Gasteiger partial charge in [0.25, 0.3) is 0 Å². The maximum Gasteiger partial charge on any atom is 2.00 e. The van der Waals surface area contributed by atoms with Crippen LogP contribution in [-0.2, 0) is 21.1 Å². The van der Waals surface area contributed by atoms with E-state index in [2.05, 4.69) is 43.8 Å². The van der Waals surface area contributed by atoms with Crippen LogP contribution in [0.25, 0.3) is 38.2 Å². The van der Waals surface area contributed by atoms with Gasteiger partial charge in [-0.3, -0.25) is 9.53 Å². The van der Waals surface area contributed by atoms with Crippen molar-refractivity contribution in [1.29, 1.82) is 0 Å². The minimum atomic E-state index is 0. The van der Waals surface area contributed by atoms with Crippen molar-refractivity contribution < 1.29 is 25.8 Å². The molecule has 0 spiro atoms. The smallest absolute Gasteiger partial charge is 0.510 e. The normalized spacial score (nSPS) is 10.8. The molecule has 6 nitrogen and oxygen atoms in total. The van der Waals surface area contributed by atoms with Crippen LogP contribution in [0.3, 0.4) is 0 Å². The number of hydrogen-bond acceptors (Lipinski definition) is 3. The van der Waals surface area contributed by atoms with Gasteiger partial charge in [0, 0.05) is 28.9 Å². The fourth-order valence-corrected chi connectivity index (χ4v) is 4.40. The van der Waals surface area contributed by atoms with Gasteiger partial charge in [-0.15, -0.1) is 35.7 Å². The van der Waals surface area contributed by atoms with Crippen LogP contribution < -0.4 is 4.74 Å². The Labute approximate surface area is 222 Å². The summed E-state index contributed by atoms with van der Waals surface area (Å²) in [6.07, 6.45) is 1.78. The molecular formula is C29H19N5OPt. The van der Waals surface area contributed by atoms with Gasteiger partial charge in [-0.25, -0.2) is 4.98 Å². The van der Waals surface area contributed by atoms with Crippen molar-refractivity contribution in [3.63, 3.8) is 0 Å². The van der Waals surface area contributed by atoms with Gasteiger partial charge in [0.15, 0.2) is 0 Å². The molecule has 0 atom stereocenters. The fraction of sp³-hybridized carbons (Fsp3) is 0.0690. The van der Waals surface area contributed by atoms with Crippen molar-refractivity contribution in [2.75, 3.05) is 0 Å². The Morgan fingerprint density at radius 1 is 0.889 bits per heavy atom. The van der Waals surface area contributed by atoms with E-state index in [1.54, 1.807) is 23.0 Å². The number of ether oxygens (including phenoxy) is 1. The van der Waals surface area contributed by atoms with E-state index in [0.29, 0.717) is 22.9 Å². The zero-order valence-electron chi connectivity index (χ0n) is 19.5. The standard InChI is InChI=1S/C29H19N5O.Pt/c1-19-14-20(2)34(32-19)22-15-21(30-3)16-24(17-22)35-23-11-12-26-25-8-4-5-9-27(25)33(28(26)18-23)29-10-6-7-13-31-29;/h4-16H,1-2H3;/q-2;+2. The Hall–Kier alpha value is -4.20. The molecule has 0 saturated carbocycles. The Balaban J connectivity index is 0.00000267. The van der Waals surface area contributed by atoms with E-state index in [-0.39, 0.29) is 21.1 Å². The van der Waals surface area contributed by atoms with E-state index in [4.69, 9.17) is 11.3 Å². The van der Waals surface area contributed by atoms with Crippen LogP contribution in [0.4, 0.5) is 5.69 Å². The van der Waals surface area contributed by atoms with Crippen molar-refractivity contribution in [1.82, 2.24) is 19.3 Å². The molecule has 0 aliphatic carbocycles. The molecule has 6 rings (SSSR count). The molecule has 0 radical (unpaired) electrons. The molecule has 0 bridgehead atoms. The summed E-state index contributed by atoms with van der Waals surface area (Å²) in [6, 6.07) is 30.1. The van der Waals surface area contributed by atoms with Crippen molar-refractivity contribution >= 4 is 27.5 Å². The first kappa shape index (κ1) is 23.5. The van der Waals surface area contributed by atoms with Gasteiger partial charge in [0.2, 0.25) is 0 Å². The molecule has 3 aromatic carbocycles. The number of aromatic nitrogens is 4. The van der Waals surface area contributed by atoms with Crippen LogP contribution in [0.15, 0.2) is 79.0 Å². The molecule has 176 valence electrons. The van der Waals surface area contributed by atoms with Crippen LogP contribution in [0, 0.1) is 32.6 Å². The summed E-state index contributed by atoms with van der Waals surface area (Å²) >= 11 is 0. The molecule has 0 fully saturated rings. The Morgan fingerprint density at radius 2 is 1.72 bits per heavy atom. The van der Waals surface area contributed by atoms with E-state index in [1.165, 1.54) is 0 Å². The molecule has 6 aromatic rings. The second kappa shape index (κ2) is 9.45. The maximum absolute atomic E-state index is 7.54. The summed E-state index contributed by atoms with van der Waals surface area (Å²) in [4.78, 5) is 8.18. The number of para-hydroxylation sites is 1. The number of rotatable bonds is 4. The van der Waals surface area contributed by atoms with Crippen molar-refractivity contribution in [2.45, 2.75) is 13.8 Å². The first-order valence-electron chi connectivity index (χ1n) is 11.1. The zero-order valence-corrected chi connectivity index (χ0v) is 21.7. The van der Waals surface area contributed by atoms with Gasteiger partial charge in [0.05, 0.1) is 18.0 Å². The van der Waals surface area contributed by atoms with E-state index < -0.39 is 0 Å². The average Bonchev–Trinajstić information content (AvgIpc) is 3.40. The van der Waals surface area contributed by atoms with Gasteiger partial charge >= 0.3 is 21.1 Å². The van der Waals surface area contributed by atoms with Crippen LogP contribution in [0.2, 0.25) is 0 Å². The summed E-state index contributed by atoms with van der Waals surface area (Å²) in [5.41, 5.74) is 4.87. The number of fused-ring (bicyclic) bond motifs is 3. The number of benzene rings is 3. The molecule has 0 N–H and O–H groups in total. The third kappa shape index (κ3) is 4.08. The fourth-order valence-electron chi connectivity index (χ4n) is 4.40. The zero-order chi connectivity index (χ0) is 23.9. The number of hydrogen-bond donors (Lipinski definition) is 0. The number of pyridine rings is 1. The Bertz CT molecular complexity index is 1760. The van der Waals surface area contributed by atoms with Crippen molar-refractivity contribution in [3.05, 3.63) is 114 Å². The van der Waals surface area contributed by atoms with E-state index >= 15 is 0 Å². The SMILES string of the molecule is [C-]#[N+]c1cc(Oc2[c-]c3c(cc2)c2ccccc2n3-c2ccccn2)[c-]c(-n2nc(C)cc2C)c1.[Pt+2]. The molecule has 3 aromatic heterocycles. The molecule has 0 unspecified atom stereocenters. The van der Waals surface area contributed by atoms with Crippen LogP contribution in [0.5, 0.6) is 11.5 Å². The van der Waals surface area contributed by atoms with E-state index in [9.17, 15) is 0 Å². The topological polar surface area (TPSA) is 49.2 Å². The van der Waals surface area contributed by atoms with Gasteiger partial charge in [-0.05, 0) is 43.5 Å². The third-order valence-electron chi connectivity index (χ3n) is 5.84. The van der Waals surface area contributed by atoms with Crippen LogP contribution in [0.1, 0.15) is 11.4 Å². The minimum absolute atomic E-state index is 0. The monoisotopic (exact) mass is 648 g/mol. The number of aryl methyl sites for hydroxylation is 2. The summed E-state index contributed by atoms with van der Waals surface area (Å²) < 4.78 is 10.0. The maximum atomic E-state index is 7.54. The first-order chi connectivity index (χ1) is 17.1.